The standard InChI is InChI=1S/C22H17N5OS/c28-22(23-13-20-24-16-9-3-4-10-17(16)25-20)27-15-8-2-1-7-14(15)21-26-18-11-5-6-12-19(18)29-21/h1-12H,13H2,(H,24,25)(H2,23,27,28). The van der Waals surface area contributed by atoms with Crippen LogP contribution in [0.4, 0.5) is 10.5 Å². The molecule has 5 rings (SSSR count). The molecule has 142 valence electrons. The van der Waals surface area contributed by atoms with Crippen LogP contribution in [0.2, 0.25) is 0 Å². The average Bonchev–Trinajstić information content (AvgIpc) is 3.36. The zero-order valence-electron chi connectivity index (χ0n) is 15.3. The summed E-state index contributed by atoms with van der Waals surface area (Å²) in [4.78, 5) is 24.9. The summed E-state index contributed by atoms with van der Waals surface area (Å²) in [6.07, 6.45) is 0. The number of imidazole rings is 1. The number of amides is 2. The molecule has 0 saturated heterocycles. The highest BCUT2D eigenvalue weighted by atomic mass is 32.1. The van der Waals surface area contributed by atoms with Gasteiger partial charge in [0, 0.05) is 5.56 Å². The number of aromatic nitrogens is 3. The van der Waals surface area contributed by atoms with Gasteiger partial charge in [-0.2, -0.15) is 0 Å². The number of carbonyl (C=O) groups excluding carboxylic acids is 1. The third-order valence-electron chi connectivity index (χ3n) is 4.55. The molecule has 0 radical (unpaired) electrons. The highest BCUT2D eigenvalue weighted by Gasteiger charge is 2.12. The van der Waals surface area contributed by atoms with Gasteiger partial charge in [-0.3, -0.25) is 0 Å². The lowest BCUT2D eigenvalue weighted by atomic mass is 10.2. The van der Waals surface area contributed by atoms with E-state index >= 15 is 0 Å². The number of rotatable bonds is 4. The molecule has 0 bridgehead atoms. The van der Waals surface area contributed by atoms with E-state index < -0.39 is 0 Å². The van der Waals surface area contributed by atoms with Crippen molar-refractivity contribution < 1.29 is 4.79 Å². The Morgan fingerprint density at radius 3 is 2.52 bits per heavy atom. The second-order valence-electron chi connectivity index (χ2n) is 6.54. The molecule has 29 heavy (non-hydrogen) atoms. The molecule has 6 nitrogen and oxygen atoms in total. The number of nitrogens with one attached hydrogen (secondary N) is 3. The molecule has 3 aromatic carbocycles. The highest BCUT2D eigenvalue weighted by Crippen LogP contribution is 2.34. The summed E-state index contributed by atoms with van der Waals surface area (Å²) < 4.78 is 1.12. The van der Waals surface area contributed by atoms with Gasteiger partial charge in [0.1, 0.15) is 10.8 Å². The molecule has 5 aromatic rings. The number of anilines is 1. The van der Waals surface area contributed by atoms with Crippen molar-refractivity contribution in [3.63, 3.8) is 0 Å². The van der Waals surface area contributed by atoms with Gasteiger partial charge in [0.2, 0.25) is 0 Å². The second kappa shape index (κ2) is 7.37. The smallest absolute Gasteiger partial charge is 0.319 e. The van der Waals surface area contributed by atoms with Gasteiger partial charge in [0.15, 0.2) is 0 Å². The van der Waals surface area contributed by atoms with Crippen LogP contribution in [0.15, 0.2) is 72.8 Å². The molecular formula is C22H17N5OS. The molecule has 0 spiro atoms. The molecule has 0 fully saturated rings. The minimum atomic E-state index is -0.293. The maximum atomic E-state index is 12.5. The number of H-pyrrole nitrogens is 1. The Morgan fingerprint density at radius 1 is 0.897 bits per heavy atom. The Labute approximate surface area is 170 Å². The number of benzene rings is 3. The summed E-state index contributed by atoms with van der Waals surface area (Å²) in [6.45, 7) is 0.309. The Kier molecular flexibility index (Phi) is 4.42. The first-order valence-electron chi connectivity index (χ1n) is 9.20. The van der Waals surface area contributed by atoms with Gasteiger partial charge in [-0.25, -0.2) is 14.8 Å². The number of urea groups is 1. The quantitative estimate of drug-likeness (QED) is 0.390. The van der Waals surface area contributed by atoms with Crippen molar-refractivity contribution in [3.8, 4) is 10.6 Å². The lowest BCUT2D eigenvalue weighted by molar-refractivity contribution is 0.251. The van der Waals surface area contributed by atoms with Gasteiger partial charge in [0.25, 0.3) is 0 Å². The van der Waals surface area contributed by atoms with E-state index in [1.54, 1.807) is 11.3 Å². The van der Waals surface area contributed by atoms with E-state index in [0.717, 1.165) is 31.8 Å². The van der Waals surface area contributed by atoms with Gasteiger partial charge in [-0.15, -0.1) is 11.3 Å². The lowest BCUT2D eigenvalue weighted by Crippen LogP contribution is -2.28. The van der Waals surface area contributed by atoms with Crippen LogP contribution >= 0.6 is 11.3 Å². The maximum absolute atomic E-state index is 12.5. The Morgan fingerprint density at radius 2 is 1.66 bits per heavy atom. The fraction of sp³-hybridized carbons (Fsp3) is 0.0455. The summed E-state index contributed by atoms with van der Waals surface area (Å²) in [5.41, 5.74) is 4.40. The van der Waals surface area contributed by atoms with Crippen molar-refractivity contribution >= 4 is 44.3 Å². The van der Waals surface area contributed by atoms with Crippen LogP contribution in [-0.4, -0.2) is 21.0 Å². The summed E-state index contributed by atoms with van der Waals surface area (Å²) in [5, 5.41) is 6.66. The SMILES string of the molecule is O=C(NCc1nc2ccccc2[nH]1)Nc1ccccc1-c1nc2ccccc2s1. The number of para-hydroxylation sites is 4. The van der Waals surface area contributed by atoms with Crippen molar-refractivity contribution in [1.29, 1.82) is 0 Å². The minimum absolute atomic E-state index is 0.293. The molecule has 0 saturated carbocycles. The molecule has 2 amide bonds. The minimum Gasteiger partial charge on any atom is -0.340 e. The predicted octanol–water partition coefficient (Wildman–Crippen LogP) is 5.16. The third kappa shape index (κ3) is 3.55. The van der Waals surface area contributed by atoms with Crippen LogP contribution in [0.1, 0.15) is 5.82 Å². The number of hydrogen-bond donors (Lipinski definition) is 3. The van der Waals surface area contributed by atoms with Crippen molar-refractivity contribution in [2.24, 2.45) is 0 Å². The molecule has 2 heterocycles. The van der Waals surface area contributed by atoms with Gasteiger partial charge in [-0.1, -0.05) is 36.4 Å². The van der Waals surface area contributed by atoms with E-state index in [1.165, 1.54) is 0 Å². The van der Waals surface area contributed by atoms with Crippen LogP contribution in [-0.2, 0) is 6.54 Å². The normalized spacial score (nSPS) is 11.0. The zero-order valence-corrected chi connectivity index (χ0v) is 16.2. The topological polar surface area (TPSA) is 82.7 Å². The van der Waals surface area contributed by atoms with Crippen molar-refractivity contribution in [1.82, 2.24) is 20.3 Å². The Balaban J connectivity index is 1.33. The number of aromatic amines is 1. The van der Waals surface area contributed by atoms with E-state index in [1.807, 2.05) is 72.8 Å². The first-order chi connectivity index (χ1) is 14.3. The molecule has 2 aromatic heterocycles. The fourth-order valence-corrected chi connectivity index (χ4v) is 4.19. The van der Waals surface area contributed by atoms with Crippen LogP contribution < -0.4 is 10.6 Å². The van der Waals surface area contributed by atoms with Crippen LogP contribution in [0.3, 0.4) is 0 Å². The van der Waals surface area contributed by atoms with E-state index in [-0.39, 0.29) is 6.03 Å². The number of carbonyl (C=O) groups is 1. The summed E-state index contributed by atoms with van der Waals surface area (Å²) in [5.74, 6) is 0.709. The largest absolute Gasteiger partial charge is 0.340 e. The number of thiazole rings is 1. The van der Waals surface area contributed by atoms with Gasteiger partial charge >= 0.3 is 6.03 Å². The van der Waals surface area contributed by atoms with Crippen LogP contribution in [0, 0.1) is 0 Å². The first kappa shape index (κ1) is 17.4. The number of fused-ring (bicyclic) bond motifs is 2. The lowest BCUT2D eigenvalue weighted by Gasteiger charge is -2.10. The molecule has 0 aliphatic heterocycles. The number of nitrogens with zero attached hydrogens (tertiary/aromatic N) is 2. The van der Waals surface area contributed by atoms with Crippen LogP contribution in [0.25, 0.3) is 31.8 Å². The zero-order chi connectivity index (χ0) is 19.6. The Hall–Kier alpha value is -3.71. The van der Waals surface area contributed by atoms with Crippen molar-refractivity contribution in [3.05, 3.63) is 78.6 Å². The molecule has 7 heteroatoms. The maximum Gasteiger partial charge on any atom is 0.319 e. The van der Waals surface area contributed by atoms with E-state index in [2.05, 4.69) is 20.6 Å². The predicted molar refractivity (Wildman–Crippen MR) is 117 cm³/mol. The molecule has 0 aliphatic carbocycles. The van der Waals surface area contributed by atoms with Gasteiger partial charge in [-0.05, 0) is 36.4 Å². The highest BCUT2D eigenvalue weighted by molar-refractivity contribution is 7.21. The van der Waals surface area contributed by atoms with Crippen LogP contribution in [0.5, 0.6) is 0 Å². The summed E-state index contributed by atoms with van der Waals surface area (Å²) >= 11 is 1.61. The second-order valence-corrected chi connectivity index (χ2v) is 7.57. The first-order valence-corrected chi connectivity index (χ1v) is 10.0. The molecule has 3 N–H and O–H groups in total. The number of hydrogen-bond acceptors (Lipinski definition) is 4. The van der Waals surface area contributed by atoms with Gasteiger partial charge in [0.05, 0.1) is 33.5 Å². The monoisotopic (exact) mass is 399 g/mol. The Bertz CT molecular complexity index is 1260. The summed E-state index contributed by atoms with van der Waals surface area (Å²) in [6, 6.07) is 23.2. The van der Waals surface area contributed by atoms with Crippen molar-refractivity contribution in [2.75, 3.05) is 5.32 Å². The van der Waals surface area contributed by atoms with E-state index in [0.29, 0.717) is 18.1 Å². The molecule has 0 atom stereocenters. The summed E-state index contributed by atoms with van der Waals surface area (Å²) in [7, 11) is 0. The molecular weight excluding hydrogens is 382 g/mol. The van der Waals surface area contributed by atoms with Gasteiger partial charge < -0.3 is 15.6 Å². The fourth-order valence-electron chi connectivity index (χ4n) is 3.19. The van der Waals surface area contributed by atoms with Crippen molar-refractivity contribution in [2.45, 2.75) is 6.54 Å². The average molecular weight is 399 g/mol. The third-order valence-corrected chi connectivity index (χ3v) is 5.62. The van der Waals surface area contributed by atoms with E-state index in [9.17, 15) is 4.79 Å². The molecule has 0 aliphatic rings. The van der Waals surface area contributed by atoms with E-state index in [4.69, 9.17) is 4.98 Å². The molecule has 0 unspecified atom stereocenters.